The molecule has 1 amide bonds. The van der Waals surface area contributed by atoms with Crippen LogP contribution >= 0.6 is 0 Å². The molecule has 0 spiro atoms. The second-order valence-electron chi connectivity index (χ2n) is 5.85. The summed E-state index contributed by atoms with van der Waals surface area (Å²) in [6.45, 7) is 5.16. The van der Waals surface area contributed by atoms with Crippen LogP contribution < -0.4 is 5.73 Å². The Morgan fingerprint density at radius 2 is 2.10 bits per heavy atom. The average molecular weight is 285 g/mol. The fourth-order valence-corrected chi connectivity index (χ4v) is 2.79. The van der Waals surface area contributed by atoms with Gasteiger partial charge in [0.15, 0.2) is 0 Å². The molecule has 3 N–H and O–H groups in total. The number of carboxylic acid groups (broad SMARTS) is 1. The van der Waals surface area contributed by atoms with Gasteiger partial charge in [0, 0.05) is 32.2 Å². The molecule has 0 bridgehead atoms. The van der Waals surface area contributed by atoms with Gasteiger partial charge in [0.05, 0.1) is 25.2 Å². The summed E-state index contributed by atoms with van der Waals surface area (Å²) in [5, 5.41) is 8.83. The number of amides is 1. The zero-order chi connectivity index (χ0) is 14.8. The fourth-order valence-electron chi connectivity index (χ4n) is 2.79. The number of hydrogen-bond donors (Lipinski definition) is 2. The molecule has 0 aromatic rings. The predicted octanol–water partition coefficient (Wildman–Crippen LogP) is -1.03. The number of aliphatic carboxylic acids is 1. The van der Waals surface area contributed by atoms with Crippen LogP contribution in [0, 0.1) is 5.41 Å². The lowest BCUT2D eigenvalue weighted by Gasteiger charge is -2.32. The van der Waals surface area contributed by atoms with Crippen LogP contribution in [0.4, 0.5) is 0 Å². The van der Waals surface area contributed by atoms with E-state index in [1.807, 2.05) is 11.8 Å². The zero-order valence-corrected chi connectivity index (χ0v) is 11.9. The van der Waals surface area contributed by atoms with Gasteiger partial charge in [0.25, 0.3) is 0 Å². The number of ether oxygens (including phenoxy) is 1. The monoisotopic (exact) mass is 285 g/mol. The van der Waals surface area contributed by atoms with Gasteiger partial charge >= 0.3 is 5.97 Å². The summed E-state index contributed by atoms with van der Waals surface area (Å²) >= 11 is 0. The second kappa shape index (κ2) is 6.07. The predicted molar refractivity (Wildman–Crippen MR) is 72.2 cm³/mol. The van der Waals surface area contributed by atoms with Gasteiger partial charge in [-0.3, -0.25) is 14.5 Å². The number of hydrogen-bond acceptors (Lipinski definition) is 5. The Balaban J connectivity index is 1.96. The Kier molecular flexibility index (Phi) is 4.62. The smallest absolute Gasteiger partial charge is 0.317 e. The summed E-state index contributed by atoms with van der Waals surface area (Å²) in [4.78, 5) is 27.1. The molecule has 7 heteroatoms. The third kappa shape index (κ3) is 3.11. The van der Waals surface area contributed by atoms with Gasteiger partial charge < -0.3 is 20.5 Å². The molecule has 2 unspecified atom stereocenters. The molecule has 114 valence electrons. The summed E-state index contributed by atoms with van der Waals surface area (Å²) in [6.07, 6.45) is 0.783. The highest BCUT2D eigenvalue weighted by Crippen LogP contribution is 2.29. The molecule has 20 heavy (non-hydrogen) atoms. The molecule has 2 saturated heterocycles. The number of nitrogens with two attached hydrogens (primary N) is 1. The van der Waals surface area contributed by atoms with Gasteiger partial charge in [-0.2, -0.15) is 0 Å². The van der Waals surface area contributed by atoms with Gasteiger partial charge in [-0.05, 0) is 13.3 Å². The van der Waals surface area contributed by atoms with Crippen LogP contribution in [0.25, 0.3) is 0 Å². The highest BCUT2D eigenvalue weighted by molar-refractivity contribution is 5.83. The van der Waals surface area contributed by atoms with E-state index in [2.05, 4.69) is 0 Å². The first-order valence-electron chi connectivity index (χ1n) is 7.00. The molecule has 0 aliphatic carbocycles. The van der Waals surface area contributed by atoms with Crippen molar-refractivity contribution >= 4 is 11.9 Å². The van der Waals surface area contributed by atoms with Crippen molar-refractivity contribution in [3.05, 3.63) is 0 Å². The normalized spacial score (nSPS) is 32.1. The number of carbonyl (C=O) groups excluding carboxylic acids is 1. The van der Waals surface area contributed by atoms with Crippen LogP contribution in [0.5, 0.6) is 0 Å². The van der Waals surface area contributed by atoms with E-state index in [9.17, 15) is 9.59 Å². The van der Waals surface area contributed by atoms with Gasteiger partial charge in [-0.25, -0.2) is 0 Å². The van der Waals surface area contributed by atoms with Crippen LogP contribution in [-0.2, 0) is 14.3 Å². The summed E-state index contributed by atoms with van der Waals surface area (Å²) in [6, 6.07) is -0.270. The molecule has 2 atom stereocenters. The molecule has 0 aromatic heterocycles. The van der Waals surface area contributed by atoms with Crippen molar-refractivity contribution in [1.29, 1.82) is 0 Å². The number of carbonyl (C=O) groups is 2. The highest BCUT2D eigenvalue weighted by atomic mass is 16.5. The van der Waals surface area contributed by atoms with Crippen molar-refractivity contribution in [3.63, 3.8) is 0 Å². The van der Waals surface area contributed by atoms with E-state index >= 15 is 0 Å². The van der Waals surface area contributed by atoms with Gasteiger partial charge in [-0.15, -0.1) is 0 Å². The molecule has 0 aromatic carbocycles. The molecule has 0 radical (unpaired) electrons. The first-order valence-corrected chi connectivity index (χ1v) is 7.00. The average Bonchev–Trinajstić information content (AvgIpc) is 2.61. The summed E-state index contributed by atoms with van der Waals surface area (Å²) in [5.41, 5.74) is 5.34. The van der Waals surface area contributed by atoms with Gasteiger partial charge in [0.2, 0.25) is 5.91 Å². The van der Waals surface area contributed by atoms with E-state index in [-0.39, 0.29) is 18.5 Å². The Morgan fingerprint density at radius 1 is 1.35 bits per heavy atom. The molecule has 2 heterocycles. The number of nitrogens with zero attached hydrogens (tertiary/aromatic N) is 2. The Labute approximate surface area is 118 Å². The molecule has 2 fully saturated rings. The van der Waals surface area contributed by atoms with E-state index in [1.54, 1.807) is 4.90 Å². The molecular formula is C13H23N3O4. The Hall–Kier alpha value is -1.18. The third-order valence-electron chi connectivity index (χ3n) is 4.24. The van der Waals surface area contributed by atoms with Crippen LogP contribution in [-0.4, -0.2) is 78.8 Å². The lowest BCUT2D eigenvalue weighted by Crippen LogP contribution is -2.52. The van der Waals surface area contributed by atoms with Gasteiger partial charge in [0.1, 0.15) is 0 Å². The van der Waals surface area contributed by atoms with Gasteiger partial charge in [-0.1, -0.05) is 0 Å². The molecule has 2 rings (SSSR count). The second-order valence-corrected chi connectivity index (χ2v) is 5.85. The zero-order valence-electron chi connectivity index (χ0n) is 11.9. The lowest BCUT2D eigenvalue weighted by atomic mass is 9.84. The van der Waals surface area contributed by atoms with Crippen LogP contribution in [0.15, 0.2) is 0 Å². The number of rotatable bonds is 3. The molecule has 2 aliphatic heterocycles. The van der Waals surface area contributed by atoms with E-state index in [0.29, 0.717) is 39.4 Å². The largest absolute Gasteiger partial charge is 0.480 e. The summed E-state index contributed by atoms with van der Waals surface area (Å²) < 4.78 is 5.33. The summed E-state index contributed by atoms with van der Waals surface area (Å²) in [5.74, 6) is -0.803. The molecule has 7 nitrogen and oxygen atoms in total. The van der Waals surface area contributed by atoms with Crippen LogP contribution in [0.1, 0.15) is 13.3 Å². The molecule has 0 saturated carbocycles. The van der Waals surface area contributed by atoms with E-state index in [4.69, 9.17) is 15.6 Å². The number of carboxylic acids is 1. The maximum Gasteiger partial charge on any atom is 0.317 e. The summed E-state index contributed by atoms with van der Waals surface area (Å²) in [7, 11) is 0. The van der Waals surface area contributed by atoms with E-state index in [1.165, 1.54) is 0 Å². The van der Waals surface area contributed by atoms with Crippen molar-refractivity contribution in [2.45, 2.75) is 19.4 Å². The molecular weight excluding hydrogens is 262 g/mol. The molecule has 2 aliphatic rings. The van der Waals surface area contributed by atoms with Crippen molar-refractivity contribution in [1.82, 2.24) is 9.80 Å². The first kappa shape index (κ1) is 15.2. The van der Waals surface area contributed by atoms with Crippen molar-refractivity contribution in [2.24, 2.45) is 11.1 Å². The van der Waals surface area contributed by atoms with E-state index in [0.717, 1.165) is 6.42 Å². The fraction of sp³-hybridized carbons (Fsp3) is 0.846. The minimum Gasteiger partial charge on any atom is -0.480 e. The van der Waals surface area contributed by atoms with Crippen molar-refractivity contribution in [2.75, 3.05) is 45.9 Å². The minimum absolute atomic E-state index is 0.0275. The maximum atomic E-state index is 12.6. The Bertz CT molecular complexity index is 390. The van der Waals surface area contributed by atoms with Crippen LogP contribution in [0.2, 0.25) is 0 Å². The Morgan fingerprint density at radius 3 is 2.70 bits per heavy atom. The maximum absolute atomic E-state index is 12.6. The van der Waals surface area contributed by atoms with Crippen molar-refractivity contribution < 1.29 is 19.4 Å². The van der Waals surface area contributed by atoms with Crippen molar-refractivity contribution in [3.8, 4) is 0 Å². The highest BCUT2D eigenvalue weighted by Gasteiger charge is 2.46. The minimum atomic E-state index is -0.831. The quantitative estimate of drug-likeness (QED) is 0.688. The first-order chi connectivity index (χ1) is 9.43. The topological polar surface area (TPSA) is 96.1 Å². The third-order valence-corrected chi connectivity index (χ3v) is 4.24. The lowest BCUT2D eigenvalue weighted by molar-refractivity contribution is -0.141. The van der Waals surface area contributed by atoms with E-state index < -0.39 is 11.4 Å². The SMILES string of the molecule is CC1(C(=O)N2CCCN(CC(=O)O)CC2)COCC1N. The standard InChI is InChI=1S/C13H23N3O4/c1-13(9-20-8-10(13)14)12(19)16-4-2-3-15(5-6-16)7-11(17)18/h10H,2-9,14H2,1H3,(H,17,18). The van der Waals surface area contributed by atoms with Crippen LogP contribution in [0.3, 0.4) is 0 Å².